The van der Waals surface area contributed by atoms with Gasteiger partial charge < -0.3 is 10.1 Å². The van der Waals surface area contributed by atoms with Gasteiger partial charge in [-0.15, -0.1) is 11.3 Å². The van der Waals surface area contributed by atoms with Crippen molar-refractivity contribution in [3.05, 3.63) is 51.7 Å². The zero-order valence-corrected chi connectivity index (χ0v) is 14.9. The van der Waals surface area contributed by atoms with E-state index >= 15 is 0 Å². The molecule has 1 heterocycles. The first kappa shape index (κ1) is 17.5. The van der Waals surface area contributed by atoms with Crippen molar-refractivity contribution in [2.24, 2.45) is 0 Å². The highest BCUT2D eigenvalue weighted by Crippen LogP contribution is 2.16. The van der Waals surface area contributed by atoms with Crippen LogP contribution in [0.15, 0.2) is 35.7 Å². The van der Waals surface area contributed by atoms with Crippen molar-refractivity contribution in [3.63, 3.8) is 0 Å². The van der Waals surface area contributed by atoms with Gasteiger partial charge in [-0.2, -0.15) is 0 Å². The third-order valence-electron chi connectivity index (χ3n) is 3.18. The van der Waals surface area contributed by atoms with Gasteiger partial charge in [0, 0.05) is 23.7 Å². The van der Waals surface area contributed by atoms with E-state index in [1.165, 1.54) is 16.0 Å². The first-order valence-electron chi connectivity index (χ1n) is 7.66. The van der Waals surface area contributed by atoms with Crippen molar-refractivity contribution >= 4 is 23.1 Å². The van der Waals surface area contributed by atoms with Crippen LogP contribution >= 0.6 is 11.3 Å². The van der Waals surface area contributed by atoms with Crippen LogP contribution in [0.3, 0.4) is 0 Å². The molecule has 2 aromatic rings. The fourth-order valence-corrected chi connectivity index (χ4v) is 2.91. The molecule has 1 aromatic carbocycles. The number of hydrogen-bond acceptors (Lipinski definition) is 4. The Bertz CT molecular complexity index is 642. The number of benzene rings is 1. The largest absolute Gasteiger partial charge is 0.444 e. The van der Waals surface area contributed by atoms with Gasteiger partial charge in [0.1, 0.15) is 5.60 Å². The molecular formula is C18H24N2O2S. The standard InChI is InChI=1S/C18H24N2O2S/c1-13-9-10-23-16(13)12-19-11-14-5-7-15(8-6-14)20-17(21)22-18(2,3)4/h5-10,19H,11-12H2,1-4H3,(H,20,21). The Morgan fingerprint density at radius 1 is 1.13 bits per heavy atom. The monoisotopic (exact) mass is 332 g/mol. The van der Waals surface area contributed by atoms with Crippen molar-refractivity contribution in [2.45, 2.75) is 46.4 Å². The molecule has 0 aliphatic heterocycles. The average molecular weight is 332 g/mol. The highest BCUT2D eigenvalue weighted by atomic mass is 32.1. The molecule has 0 saturated heterocycles. The third-order valence-corrected chi connectivity index (χ3v) is 4.21. The normalized spacial score (nSPS) is 11.3. The van der Waals surface area contributed by atoms with E-state index < -0.39 is 11.7 Å². The maximum absolute atomic E-state index is 11.7. The van der Waals surface area contributed by atoms with Crippen LogP contribution in [0.5, 0.6) is 0 Å². The maximum atomic E-state index is 11.7. The molecule has 0 unspecified atom stereocenters. The van der Waals surface area contributed by atoms with Crippen LogP contribution in [0.1, 0.15) is 36.8 Å². The molecule has 1 amide bonds. The van der Waals surface area contributed by atoms with Crippen LogP contribution in [0.2, 0.25) is 0 Å². The van der Waals surface area contributed by atoms with Gasteiger partial charge in [0.15, 0.2) is 0 Å². The van der Waals surface area contributed by atoms with E-state index in [1.54, 1.807) is 11.3 Å². The predicted molar refractivity (Wildman–Crippen MR) is 95.9 cm³/mol. The molecule has 0 saturated carbocycles. The number of thiophene rings is 1. The molecule has 0 radical (unpaired) electrons. The molecular weight excluding hydrogens is 308 g/mol. The fourth-order valence-electron chi connectivity index (χ4n) is 2.03. The first-order valence-corrected chi connectivity index (χ1v) is 8.54. The molecule has 0 spiro atoms. The Morgan fingerprint density at radius 2 is 1.83 bits per heavy atom. The van der Waals surface area contributed by atoms with E-state index in [0.717, 1.165) is 18.8 Å². The van der Waals surface area contributed by atoms with E-state index in [-0.39, 0.29) is 0 Å². The summed E-state index contributed by atoms with van der Waals surface area (Å²) in [6, 6.07) is 9.91. The molecule has 0 aliphatic rings. The van der Waals surface area contributed by atoms with Crippen LogP contribution in [-0.4, -0.2) is 11.7 Å². The molecule has 1 aromatic heterocycles. The van der Waals surface area contributed by atoms with E-state index in [9.17, 15) is 4.79 Å². The molecule has 23 heavy (non-hydrogen) atoms. The highest BCUT2D eigenvalue weighted by Gasteiger charge is 2.15. The zero-order valence-electron chi connectivity index (χ0n) is 14.1. The van der Waals surface area contributed by atoms with E-state index in [1.807, 2.05) is 45.0 Å². The highest BCUT2D eigenvalue weighted by molar-refractivity contribution is 7.10. The van der Waals surface area contributed by atoms with Crippen molar-refractivity contribution in [2.75, 3.05) is 5.32 Å². The van der Waals surface area contributed by atoms with Crippen molar-refractivity contribution < 1.29 is 9.53 Å². The zero-order chi connectivity index (χ0) is 16.9. The summed E-state index contributed by atoms with van der Waals surface area (Å²) >= 11 is 1.77. The summed E-state index contributed by atoms with van der Waals surface area (Å²) in [5.74, 6) is 0. The number of rotatable bonds is 5. The van der Waals surface area contributed by atoms with Crippen molar-refractivity contribution in [3.8, 4) is 0 Å². The number of carbonyl (C=O) groups is 1. The van der Waals surface area contributed by atoms with Gasteiger partial charge in [-0.05, 0) is 62.4 Å². The van der Waals surface area contributed by atoms with Crippen LogP contribution in [0.4, 0.5) is 10.5 Å². The number of amides is 1. The van der Waals surface area contributed by atoms with E-state index in [4.69, 9.17) is 4.74 Å². The van der Waals surface area contributed by atoms with Crippen LogP contribution in [0.25, 0.3) is 0 Å². The summed E-state index contributed by atoms with van der Waals surface area (Å²) in [6.45, 7) is 9.33. The quantitative estimate of drug-likeness (QED) is 0.835. The topological polar surface area (TPSA) is 50.4 Å². The number of aryl methyl sites for hydroxylation is 1. The summed E-state index contributed by atoms with van der Waals surface area (Å²) < 4.78 is 5.23. The van der Waals surface area contributed by atoms with Gasteiger partial charge >= 0.3 is 6.09 Å². The number of nitrogens with one attached hydrogen (secondary N) is 2. The lowest BCUT2D eigenvalue weighted by atomic mass is 10.2. The van der Waals surface area contributed by atoms with E-state index in [0.29, 0.717) is 0 Å². The molecule has 0 aliphatic carbocycles. The number of ether oxygens (including phenoxy) is 1. The summed E-state index contributed by atoms with van der Waals surface area (Å²) in [4.78, 5) is 13.1. The summed E-state index contributed by atoms with van der Waals surface area (Å²) in [6.07, 6.45) is -0.434. The Kier molecular flexibility index (Phi) is 5.80. The first-order chi connectivity index (χ1) is 10.8. The predicted octanol–water partition coefficient (Wildman–Crippen LogP) is 4.69. The number of anilines is 1. The summed E-state index contributed by atoms with van der Waals surface area (Å²) in [7, 11) is 0. The molecule has 124 valence electrons. The van der Waals surface area contributed by atoms with Gasteiger partial charge in [0.05, 0.1) is 0 Å². The second kappa shape index (κ2) is 7.62. The smallest absolute Gasteiger partial charge is 0.412 e. The summed E-state index contributed by atoms with van der Waals surface area (Å²) in [5, 5.41) is 8.28. The Hall–Kier alpha value is -1.85. The molecule has 4 nitrogen and oxygen atoms in total. The Balaban J connectivity index is 1.80. The van der Waals surface area contributed by atoms with Crippen molar-refractivity contribution in [1.82, 2.24) is 5.32 Å². The van der Waals surface area contributed by atoms with E-state index in [2.05, 4.69) is 29.0 Å². The minimum Gasteiger partial charge on any atom is -0.444 e. The number of hydrogen-bond donors (Lipinski definition) is 2. The lowest BCUT2D eigenvalue weighted by Gasteiger charge is -2.19. The lowest BCUT2D eigenvalue weighted by molar-refractivity contribution is 0.0636. The van der Waals surface area contributed by atoms with Gasteiger partial charge in [-0.1, -0.05) is 12.1 Å². The van der Waals surface area contributed by atoms with Crippen LogP contribution in [-0.2, 0) is 17.8 Å². The van der Waals surface area contributed by atoms with Crippen LogP contribution < -0.4 is 10.6 Å². The molecule has 2 N–H and O–H groups in total. The molecule has 0 atom stereocenters. The summed E-state index contributed by atoms with van der Waals surface area (Å²) in [5.41, 5.74) is 2.75. The molecule has 2 rings (SSSR count). The van der Waals surface area contributed by atoms with Gasteiger partial charge in [0.2, 0.25) is 0 Å². The third kappa shape index (κ3) is 6.04. The molecule has 0 fully saturated rings. The van der Waals surface area contributed by atoms with Gasteiger partial charge in [0.25, 0.3) is 0 Å². The lowest BCUT2D eigenvalue weighted by Crippen LogP contribution is -2.27. The Labute approximate surface area is 141 Å². The minimum absolute atomic E-state index is 0.434. The second-order valence-corrected chi connectivity index (χ2v) is 7.45. The van der Waals surface area contributed by atoms with Crippen LogP contribution in [0, 0.1) is 6.92 Å². The van der Waals surface area contributed by atoms with Crippen molar-refractivity contribution in [1.29, 1.82) is 0 Å². The second-order valence-electron chi connectivity index (χ2n) is 6.45. The molecule has 0 bridgehead atoms. The fraction of sp³-hybridized carbons (Fsp3) is 0.389. The molecule has 5 heteroatoms. The average Bonchev–Trinajstić information content (AvgIpc) is 2.84. The SMILES string of the molecule is Cc1ccsc1CNCc1ccc(NC(=O)OC(C)(C)C)cc1. The minimum atomic E-state index is -0.492. The van der Waals surface area contributed by atoms with Gasteiger partial charge in [-0.25, -0.2) is 4.79 Å². The Morgan fingerprint density at radius 3 is 2.39 bits per heavy atom. The van der Waals surface area contributed by atoms with Gasteiger partial charge in [-0.3, -0.25) is 5.32 Å². The number of carbonyl (C=O) groups excluding carboxylic acids is 1. The maximum Gasteiger partial charge on any atom is 0.412 e.